The van der Waals surface area contributed by atoms with Gasteiger partial charge in [0.2, 0.25) is 0 Å². The van der Waals surface area contributed by atoms with Gasteiger partial charge in [-0.15, -0.1) is 6.42 Å². The van der Waals surface area contributed by atoms with Gasteiger partial charge in [-0.2, -0.15) is 0 Å². The minimum Gasteiger partial charge on any atom is -0.450 e. The van der Waals surface area contributed by atoms with Gasteiger partial charge in [0.1, 0.15) is 0 Å². The molecule has 94 valence electrons. The van der Waals surface area contributed by atoms with Crippen LogP contribution in [0.25, 0.3) is 0 Å². The van der Waals surface area contributed by atoms with E-state index in [0.29, 0.717) is 18.6 Å². The zero-order valence-electron chi connectivity index (χ0n) is 10.9. The highest BCUT2D eigenvalue weighted by Crippen LogP contribution is 2.47. The van der Waals surface area contributed by atoms with E-state index < -0.39 is 8.07 Å². The lowest BCUT2D eigenvalue weighted by atomic mass is 10.2. The number of nitrogens with zero attached hydrogens (tertiary/aromatic N) is 1. The third-order valence-electron chi connectivity index (χ3n) is 3.59. The van der Waals surface area contributed by atoms with Crippen LogP contribution in [0.3, 0.4) is 0 Å². The van der Waals surface area contributed by atoms with Crippen LogP contribution >= 0.6 is 0 Å². The SMILES string of the molecule is C#C[C@H]1CC2CC2N1C(=O)OCC[Si](C)(C)C. The van der Waals surface area contributed by atoms with Crippen molar-refractivity contribution in [3.05, 3.63) is 0 Å². The number of amides is 1. The Hall–Kier alpha value is -0.953. The summed E-state index contributed by atoms with van der Waals surface area (Å²) in [5.41, 5.74) is 0. The summed E-state index contributed by atoms with van der Waals surface area (Å²) in [6.45, 7) is 7.37. The molecule has 0 spiro atoms. The zero-order valence-corrected chi connectivity index (χ0v) is 11.9. The molecule has 2 fully saturated rings. The van der Waals surface area contributed by atoms with Gasteiger partial charge in [-0.3, -0.25) is 4.90 Å². The number of carbonyl (C=O) groups is 1. The van der Waals surface area contributed by atoms with Gasteiger partial charge in [-0.25, -0.2) is 4.79 Å². The molecule has 17 heavy (non-hydrogen) atoms. The van der Waals surface area contributed by atoms with E-state index in [1.54, 1.807) is 4.90 Å². The molecule has 0 N–H and O–H groups in total. The molecule has 1 amide bonds. The van der Waals surface area contributed by atoms with E-state index in [2.05, 4.69) is 25.6 Å². The molecule has 1 aliphatic carbocycles. The van der Waals surface area contributed by atoms with Crippen LogP contribution in [0.2, 0.25) is 25.7 Å². The van der Waals surface area contributed by atoms with Gasteiger partial charge in [0.05, 0.1) is 12.6 Å². The molecule has 2 unspecified atom stereocenters. The van der Waals surface area contributed by atoms with Crippen molar-refractivity contribution in [3.8, 4) is 12.3 Å². The fourth-order valence-corrected chi connectivity index (χ4v) is 3.10. The quantitative estimate of drug-likeness (QED) is 0.570. The van der Waals surface area contributed by atoms with Gasteiger partial charge in [0.15, 0.2) is 0 Å². The Morgan fingerprint density at radius 3 is 2.76 bits per heavy atom. The van der Waals surface area contributed by atoms with E-state index in [4.69, 9.17) is 11.2 Å². The average Bonchev–Trinajstić information content (AvgIpc) is 2.87. The predicted molar refractivity (Wildman–Crippen MR) is 70.5 cm³/mol. The first-order chi connectivity index (χ1) is 7.92. The highest BCUT2D eigenvalue weighted by molar-refractivity contribution is 6.76. The van der Waals surface area contributed by atoms with Crippen LogP contribution in [0.1, 0.15) is 12.8 Å². The first kappa shape index (κ1) is 12.5. The van der Waals surface area contributed by atoms with Gasteiger partial charge in [-0.05, 0) is 24.8 Å². The number of hydrogen-bond acceptors (Lipinski definition) is 2. The summed E-state index contributed by atoms with van der Waals surface area (Å²) in [5.74, 6) is 3.34. The van der Waals surface area contributed by atoms with Crippen LogP contribution in [0.5, 0.6) is 0 Å². The Kier molecular flexibility index (Phi) is 3.22. The lowest BCUT2D eigenvalue weighted by Gasteiger charge is -2.24. The van der Waals surface area contributed by atoms with E-state index >= 15 is 0 Å². The fraction of sp³-hybridized carbons (Fsp3) is 0.769. The topological polar surface area (TPSA) is 29.5 Å². The van der Waals surface area contributed by atoms with Crippen LogP contribution in [-0.2, 0) is 4.74 Å². The molecule has 0 aromatic rings. The summed E-state index contributed by atoms with van der Waals surface area (Å²) >= 11 is 0. The molecule has 0 bridgehead atoms. The molecule has 0 aromatic heterocycles. The summed E-state index contributed by atoms with van der Waals surface area (Å²) in [4.78, 5) is 13.7. The number of piperidine rings is 1. The molecule has 1 saturated heterocycles. The summed E-state index contributed by atoms with van der Waals surface area (Å²) in [7, 11) is -1.13. The Morgan fingerprint density at radius 2 is 2.18 bits per heavy atom. The standard InChI is InChI=1S/C13H21NO2Si/c1-5-11-8-10-9-12(10)14(11)13(15)16-6-7-17(2,3)4/h1,10-12H,6-9H2,2-4H3/t10?,11-,12?/m0/s1. The molecule has 1 heterocycles. The molecule has 1 saturated carbocycles. The Labute approximate surface area is 105 Å². The van der Waals surface area contributed by atoms with E-state index in [1.807, 2.05) is 0 Å². The lowest BCUT2D eigenvalue weighted by Crippen LogP contribution is -2.38. The second-order valence-corrected chi connectivity index (χ2v) is 11.9. The summed E-state index contributed by atoms with van der Waals surface area (Å²) in [6, 6.07) is 1.36. The first-order valence-electron chi connectivity index (χ1n) is 6.33. The first-order valence-corrected chi connectivity index (χ1v) is 10.0. The Balaban J connectivity index is 1.82. The van der Waals surface area contributed by atoms with Crippen LogP contribution in [0, 0.1) is 18.3 Å². The van der Waals surface area contributed by atoms with E-state index in [-0.39, 0.29) is 12.1 Å². The second-order valence-electron chi connectivity index (χ2n) is 6.31. The monoisotopic (exact) mass is 251 g/mol. The maximum Gasteiger partial charge on any atom is 0.411 e. The highest BCUT2D eigenvalue weighted by Gasteiger charge is 2.54. The van der Waals surface area contributed by atoms with Gasteiger partial charge in [-0.1, -0.05) is 25.6 Å². The fourth-order valence-electron chi connectivity index (χ4n) is 2.39. The summed E-state index contributed by atoms with van der Waals surface area (Å²) in [6.07, 6.45) is 7.33. The summed E-state index contributed by atoms with van der Waals surface area (Å²) < 4.78 is 5.36. The number of hydrogen-bond donors (Lipinski definition) is 0. The molecule has 0 aromatic carbocycles. The smallest absolute Gasteiger partial charge is 0.411 e. The van der Waals surface area contributed by atoms with Crippen molar-refractivity contribution in [1.82, 2.24) is 4.90 Å². The van der Waals surface area contributed by atoms with Crippen molar-refractivity contribution in [1.29, 1.82) is 0 Å². The van der Waals surface area contributed by atoms with Crippen molar-refractivity contribution < 1.29 is 9.53 Å². The van der Waals surface area contributed by atoms with Gasteiger partial charge in [0, 0.05) is 14.1 Å². The van der Waals surface area contributed by atoms with Crippen LogP contribution < -0.4 is 0 Å². The largest absolute Gasteiger partial charge is 0.450 e. The van der Waals surface area contributed by atoms with Crippen molar-refractivity contribution >= 4 is 14.2 Å². The van der Waals surface area contributed by atoms with Gasteiger partial charge in [0.25, 0.3) is 0 Å². The van der Waals surface area contributed by atoms with Crippen molar-refractivity contribution in [2.24, 2.45) is 5.92 Å². The Morgan fingerprint density at radius 1 is 1.47 bits per heavy atom. The Bertz CT molecular complexity index is 355. The predicted octanol–water partition coefficient (Wildman–Crippen LogP) is 2.56. The maximum absolute atomic E-state index is 12.0. The van der Waals surface area contributed by atoms with E-state index in [9.17, 15) is 4.79 Å². The van der Waals surface area contributed by atoms with E-state index in [0.717, 1.165) is 18.9 Å². The van der Waals surface area contributed by atoms with Crippen molar-refractivity contribution in [2.45, 2.75) is 50.6 Å². The molecule has 1 aliphatic heterocycles. The van der Waals surface area contributed by atoms with Crippen molar-refractivity contribution in [2.75, 3.05) is 6.61 Å². The normalized spacial score (nSPS) is 30.7. The van der Waals surface area contributed by atoms with Gasteiger partial charge >= 0.3 is 6.09 Å². The summed E-state index contributed by atoms with van der Waals surface area (Å²) in [5, 5.41) is 0. The number of ether oxygens (including phenoxy) is 1. The molecule has 3 atom stereocenters. The molecule has 2 aliphatic rings. The molecular weight excluding hydrogens is 230 g/mol. The average molecular weight is 251 g/mol. The van der Waals surface area contributed by atoms with E-state index in [1.165, 1.54) is 0 Å². The van der Waals surface area contributed by atoms with Crippen LogP contribution in [0.15, 0.2) is 0 Å². The molecule has 4 heteroatoms. The minimum absolute atomic E-state index is 0.0295. The molecule has 2 rings (SSSR count). The second kappa shape index (κ2) is 4.38. The number of likely N-dealkylation sites (tertiary alicyclic amines) is 1. The number of fused-ring (bicyclic) bond motifs is 1. The highest BCUT2D eigenvalue weighted by atomic mass is 28.3. The molecule has 0 radical (unpaired) electrons. The maximum atomic E-state index is 12.0. The number of terminal acetylenes is 1. The number of carbonyl (C=O) groups excluding carboxylic acids is 1. The van der Waals surface area contributed by atoms with Crippen molar-refractivity contribution in [3.63, 3.8) is 0 Å². The lowest BCUT2D eigenvalue weighted by molar-refractivity contribution is 0.103. The number of rotatable bonds is 3. The third kappa shape index (κ3) is 2.84. The molecule has 3 nitrogen and oxygen atoms in total. The minimum atomic E-state index is -1.13. The molecular formula is C13H21NO2Si. The van der Waals surface area contributed by atoms with Gasteiger partial charge < -0.3 is 4.74 Å². The third-order valence-corrected chi connectivity index (χ3v) is 5.29. The van der Waals surface area contributed by atoms with Crippen LogP contribution in [-0.4, -0.2) is 37.8 Å². The van der Waals surface area contributed by atoms with Crippen LogP contribution in [0.4, 0.5) is 4.79 Å². The zero-order chi connectivity index (χ0) is 12.6.